The second-order valence-electron chi connectivity index (χ2n) is 4.37. The maximum atomic E-state index is 12.9. The van der Waals surface area contributed by atoms with Crippen molar-refractivity contribution < 1.29 is 9.18 Å². The summed E-state index contributed by atoms with van der Waals surface area (Å²) in [7, 11) is 1.70. The van der Waals surface area contributed by atoms with Crippen molar-refractivity contribution in [3.63, 3.8) is 0 Å². The first kappa shape index (κ1) is 16.5. The van der Waals surface area contributed by atoms with Crippen LogP contribution < -0.4 is 9.25 Å². The number of carbonyl (C=O) groups excluding carboxylic acids is 1. The summed E-state index contributed by atoms with van der Waals surface area (Å²) < 4.78 is 14.9. The summed E-state index contributed by atoms with van der Waals surface area (Å²) >= 11 is 9.08. The van der Waals surface area contributed by atoms with Crippen molar-refractivity contribution in [3.05, 3.63) is 57.8 Å². The minimum absolute atomic E-state index is 0.0118. The van der Waals surface area contributed by atoms with Crippen molar-refractivity contribution in [2.45, 2.75) is 5.21 Å². The molecule has 0 saturated carbocycles. The molecule has 0 N–H and O–H groups in total. The molecule has 6 heteroatoms. The maximum absolute atomic E-state index is 12.9. The molecule has 0 aromatic heterocycles. The monoisotopic (exact) mass is 430 g/mol. The van der Waals surface area contributed by atoms with E-state index in [2.05, 4.69) is 15.9 Å². The van der Waals surface area contributed by atoms with E-state index < -0.39 is 0 Å². The van der Waals surface area contributed by atoms with Crippen LogP contribution in [0.3, 0.4) is 0 Å². The number of hydrogen-bond acceptors (Lipinski definition) is 1. The Morgan fingerprint density at radius 3 is 2.57 bits per heavy atom. The van der Waals surface area contributed by atoms with Gasteiger partial charge in [-0.3, -0.25) is 0 Å². The number of carbonyl (C=O) groups is 1. The third kappa shape index (κ3) is 4.84. The number of anilines is 1. The van der Waals surface area contributed by atoms with Gasteiger partial charge in [-0.25, -0.2) is 0 Å². The number of rotatable bonds is 4. The fraction of sp³-hybridized carbons (Fsp3) is 0.133. The molecule has 1 radical (unpaired) electrons. The number of nitrogens with zero attached hydrogens (tertiary/aromatic N) is 1. The Morgan fingerprint density at radius 2 is 1.95 bits per heavy atom. The summed E-state index contributed by atoms with van der Waals surface area (Å²) in [6.07, 6.45) is 0. The van der Waals surface area contributed by atoms with Gasteiger partial charge >= 0.3 is 143 Å². The molecular formula is C15H12AsBrClFNO. The molecule has 21 heavy (non-hydrogen) atoms. The van der Waals surface area contributed by atoms with Crippen LogP contribution in [0.5, 0.6) is 0 Å². The first-order valence-corrected chi connectivity index (χ1v) is 9.55. The minimum atomic E-state index is -0.310. The van der Waals surface area contributed by atoms with E-state index in [0.717, 1.165) is 8.82 Å². The molecule has 2 aromatic carbocycles. The predicted molar refractivity (Wildman–Crippen MR) is 89.2 cm³/mol. The van der Waals surface area contributed by atoms with Crippen LogP contribution in [0.2, 0.25) is 10.2 Å². The number of halogens is 3. The van der Waals surface area contributed by atoms with E-state index in [1.165, 1.54) is 12.1 Å². The number of hydrogen-bond donors (Lipinski definition) is 0. The normalized spacial score (nSPS) is 11.0. The molecule has 2 nitrogen and oxygen atoms in total. The van der Waals surface area contributed by atoms with Gasteiger partial charge in [0.1, 0.15) is 0 Å². The zero-order chi connectivity index (χ0) is 15.4. The van der Waals surface area contributed by atoms with Gasteiger partial charge in [-0.05, 0) is 0 Å². The van der Waals surface area contributed by atoms with Crippen LogP contribution in [0.25, 0.3) is 0 Å². The van der Waals surface area contributed by atoms with E-state index in [0.29, 0.717) is 15.9 Å². The van der Waals surface area contributed by atoms with Gasteiger partial charge in [0, 0.05) is 0 Å². The summed E-state index contributed by atoms with van der Waals surface area (Å²) in [5, 5.41) is 1.12. The van der Waals surface area contributed by atoms with Gasteiger partial charge in [-0.2, -0.15) is 0 Å². The van der Waals surface area contributed by atoms with E-state index in [4.69, 9.17) is 11.6 Å². The summed E-state index contributed by atoms with van der Waals surface area (Å²) in [5.41, 5.74) is 0.690. The summed E-state index contributed by atoms with van der Waals surface area (Å²) in [6, 6.07) is 11.6. The molecule has 109 valence electrons. The molecule has 1 amide bonds. The zero-order valence-corrected chi connectivity index (χ0v) is 15.4. The van der Waals surface area contributed by atoms with Crippen LogP contribution >= 0.6 is 27.5 Å². The predicted octanol–water partition coefficient (Wildman–Crippen LogP) is 3.65. The topological polar surface area (TPSA) is 20.3 Å². The number of benzene rings is 2. The van der Waals surface area contributed by atoms with Crippen molar-refractivity contribution in [3.8, 4) is 0 Å². The fourth-order valence-electron chi connectivity index (χ4n) is 1.70. The van der Waals surface area contributed by atoms with E-state index in [1.54, 1.807) is 24.1 Å². The fourth-order valence-corrected chi connectivity index (χ4v) is 5.19. The quantitative estimate of drug-likeness (QED) is 0.677. The zero-order valence-electron chi connectivity index (χ0n) is 11.2. The molecule has 0 fully saturated rings. The van der Waals surface area contributed by atoms with Crippen molar-refractivity contribution >= 4 is 59.2 Å². The Labute approximate surface area is 143 Å². The molecule has 0 heterocycles. The van der Waals surface area contributed by atoms with E-state index >= 15 is 0 Å². The number of amides is 1. The van der Waals surface area contributed by atoms with Crippen LogP contribution in [0.15, 0.2) is 46.9 Å². The third-order valence-electron chi connectivity index (χ3n) is 2.83. The molecule has 0 aliphatic heterocycles. The van der Waals surface area contributed by atoms with Crippen molar-refractivity contribution in [2.75, 3.05) is 11.9 Å². The first-order valence-electron chi connectivity index (χ1n) is 6.11. The van der Waals surface area contributed by atoms with Crippen LogP contribution in [0.4, 0.5) is 10.1 Å². The molecule has 2 rings (SSSR count). The molecule has 0 spiro atoms. The van der Waals surface area contributed by atoms with Crippen molar-refractivity contribution in [1.29, 1.82) is 0 Å². The average molecular weight is 432 g/mol. The van der Waals surface area contributed by atoms with Crippen LogP contribution in [-0.4, -0.2) is 28.7 Å². The Bertz CT molecular complexity index is 630. The summed E-state index contributed by atoms with van der Waals surface area (Å²) in [6.45, 7) is 0. The van der Waals surface area contributed by atoms with Gasteiger partial charge < -0.3 is 0 Å². The van der Waals surface area contributed by atoms with Gasteiger partial charge in [0.25, 0.3) is 0 Å². The van der Waals surface area contributed by atoms with Crippen LogP contribution in [0, 0.1) is 5.82 Å². The van der Waals surface area contributed by atoms with Gasteiger partial charge in [-0.1, -0.05) is 0 Å². The Kier molecular flexibility index (Phi) is 5.86. The van der Waals surface area contributed by atoms with Gasteiger partial charge in [0.05, 0.1) is 0 Å². The Balaban J connectivity index is 1.99. The van der Waals surface area contributed by atoms with Gasteiger partial charge in [0.15, 0.2) is 0 Å². The molecule has 0 aliphatic rings. The molecular weight excluding hydrogens is 419 g/mol. The summed E-state index contributed by atoms with van der Waals surface area (Å²) in [5.74, 6) is -0.299. The molecule has 0 aliphatic carbocycles. The van der Waals surface area contributed by atoms with E-state index in [1.807, 2.05) is 18.2 Å². The molecule has 0 unspecified atom stereocenters. The average Bonchev–Trinajstić information content (AvgIpc) is 2.44. The van der Waals surface area contributed by atoms with Crippen LogP contribution in [0.1, 0.15) is 0 Å². The standard InChI is InChI=1S/C15H12AsBrClFNO/c1-20(14-4-2-13(19)3-5-14)15(21)9-16-10-6-11(17)8-12(18)7-10/h2-8H,9H2,1H3. The van der Waals surface area contributed by atoms with Gasteiger partial charge in [-0.15, -0.1) is 0 Å². The molecule has 2 aromatic rings. The Morgan fingerprint density at radius 1 is 1.29 bits per heavy atom. The SMILES string of the molecule is CN(C(=O)C[As]c1cc(Cl)cc(Br)c1)c1ccc(F)cc1. The Hall–Kier alpha value is -0.832. The second kappa shape index (κ2) is 7.44. The molecule has 0 atom stereocenters. The first-order chi connectivity index (χ1) is 9.95. The second-order valence-corrected chi connectivity index (χ2v) is 8.14. The molecule has 0 saturated heterocycles. The van der Waals surface area contributed by atoms with Gasteiger partial charge in [0.2, 0.25) is 0 Å². The van der Waals surface area contributed by atoms with Crippen molar-refractivity contribution in [2.24, 2.45) is 0 Å². The van der Waals surface area contributed by atoms with Crippen molar-refractivity contribution in [1.82, 2.24) is 0 Å². The van der Waals surface area contributed by atoms with Crippen LogP contribution in [-0.2, 0) is 4.79 Å². The van der Waals surface area contributed by atoms with E-state index in [-0.39, 0.29) is 27.5 Å². The summed E-state index contributed by atoms with van der Waals surface area (Å²) in [4.78, 5) is 13.7. The third-order valence-corrected chi connectivity index (χ3v) is 5.72. The molecule has 0 bridgehead atoms. The van der Waals surface area contributed by atoms with E-state index in [9.17, 15) is 9.18 Å².